The van der Waals surface area contributed by atoms with Crippen LogP contribution in [0.5, 0.6) is 0 Å². The number of carbonyl (C=O) groups is 1. The van der Waals surface area contributed by atoms with Crippen LogP contribution in [0.2, 0.25) is 0 Å². The largest absolute Gasteiger partial charge is 0.291 e. The van der Waals surface area contributed by atoms with Crippen LogP contribution in [0, 0.1) is 11.8 Å². The highest BCUT2D eigenvalue weighted by atomic mass is 32.2. The number of sulfonamides is 1. The second-order valence-electron chi connectivity index (χ2n) is 5.69. The van der Waals surface area contributed by atoms with Crippen LogP contribution in [0.4, 0.5) is 0 Å². The van der Waals surface area contributed by atoms with Gasteiger partial charge in [-0.25, -0.2) is 9.71 Å². The van der Waals surface area contributed by atoms with E-state index in [-0.39, 0.29) is 16.7 Å². The Labute approximate surface area is 133 Å². The first-order valence-electron chi connectivity index (χ1n) is 7.41. The summed E-state index contributed by atoms with van der Waals surface area (Å²) in [6.45, 7) is 2.04. The molecule has 22 heavy (non-hydrogen) atoms. The molecule has 1 aliphatic rings. The normalized spacial score (nSPS) is 16.6. The fourth-order valence-corrected chi connectivity index (χ4v) is 4.87. The van der Waals surface area contributed by atoms with Crippen molar-refractivity contribution in [3.8, 4) is 0 Å². The van der Waals surface area contributed by atoms with E-state index in [2.05, 4.69) is 9.71 Å². The van der Waals surface area contributed by atoms with E-state index in [1.54, 1.807) is 12.1 Å². The standard InChI is InChI=1S/C15H18N2O3S2/c1-2-10(11-7-8-11)9-14(18)17-22(19,20)15-16-12-5-3-4-6-13(12)21-15/h3-6,10-11H,2,7-9H2,1H3,(H,17,18). The number of nitrogens with one attached hydrogen (secondary N) is 1. The van der Waals surface area contributed by atoms with E-state index in [1.807, 2.05) is 19.1 Å². The summed E-state index contributed by atoms with van der Waals surface area (Å²) >= 11 is 1.08. The molecule has 1 N–H and O–H groups in total. The molecule has 1 aliphatic carbocycles. The van der Waals surface area contributed by atoms with Crippen LogP contribution in [0.1, 0.15) is 32.6 Å². The molecule has 0 bridgehead atoms. The summed E-state index contributed by atoms with van der Waals surface area (Å²) < 4.78 is 27.5. The average molecular weight is 338 g/mol. The quantitative estimate of drug-likeness (QED) is 0.878. The first-order valence-corrected chi connectivity index (χ1v) is 9.71. The maximum absolute atomic E-state index is 12.3. The van der Waals surface area contributed by atoms with E-state index < -0.39 is 15.9 Å². The number of fused-ring (bicyclic) bond motifs is 1. The van der Waals surface area contributed by atoms with Gasteiger partial charge in [-0.05, 0) is 36.8 Å². The number of benzene rings is 1. The van der Waals surface area contributed by atoms with Gasteiger partial charge in [0.05, 0.1) is 10.2 Å². The minimum Gasteiger partial charge on any atom is -0.274 e. The van der Waals surface area contributed by atoms with Gasteiger partial charge >= 0.3 is 0 Å². The number of carbonyl (C=O) groups excluding carboxylic acids is 1. The van der Waals surface area contributed by atoms with Crippen molar-refractivity contribution in [1.29, 1.82) is 0 Å². The Balaban J connectivity index is 1.73. The molecule has 1 unspecified atom stereocenters. The fraction of sp³-hybridized carbons (Fsp3) is 0.467. The summed E-state index contributed by atoms with van der Waals surface area (Å²) in [4.78, 5) is 16.1. The zero-order chi connectivity index (χ0) is 15.7. The Kier molecular flexibility index (Phi) is 4.18. The summed E-state index contributed by atoms with van der Waals surface area (Å²) in [5.41, 5.74) is 0.629. The molecule has 0 spiro atoms. The van der Waals surface area contributed by atoms with E-state index in [0.29, 0.717) is 11.4 Å². The number of rotatable bonds is 6. The van der Waals surface area contributed by atoms with Crippen molar-refractivity contribution in [2.45, 2.75) is 36.9 Å². The molecule has 118 valence electrons. The number of para-hydroxylation sites is 1. The monoisotopic (exact) mass is 338 g/mol. The lowest BCUT2D eigenvalue weighted by Crippen LogP contribution is -2.32. The van der Waals surface area contributed by atoms with E-state index in [0.717, 1.165) is 35.3 Å². The summed E-state index contributed by atoms with van der Waals surface area (Å²) in [6, 6.07) is 7.20. The molecule has 1 aromatic heterocycles. The highest BCUT2D eigenvalue weighted by molar-refractivity contribution is 7.92. The second kappa shape index (κ2) is 5.96. The van der Waals surface area contributed by atoms with E-state index in [9.17, 15) is 13.2 Å². The third kappa shape index (κ3) is 3.30. The minimum atomic E-state index is -3.87. The van der Waals surface area contributed by atoms with E-state index in [1.165, 1.54) is 0 Å². The SMILES string of the molecule is CCC(CC(=O)NS(=O)(=O)c1nc2ccccc2s1)C1CC1. The Morgan fingerprint density at radius 1 is 1.41 bits per heavy atom. The molecule has 1 amide bonds. The second-order valence-corrected chi connectivity index (χ2v) is 8.57. The minimum absolute atomic E-state index is 0.0541. The Hall–Kier alpha value is -1.47. The molecule has 1 heterocycles. The van der Waals surface area contributed by atoms with Crippen molar-refractivity contribution in [2.24, 2.45) is 11.8 Å². The topological polar surface area (TPSA) is 76.1 Å². The van der Waals surface area contributed by atoms with Gasteiger partial charge in [0.1, 0.15) is 0 Å². The highest BCUT2D eigenvalue weighted by Crippen LogP contribution is 2.40. The smallest absolute Gasteiger partial charge is 0.274 e. The molecule has 0 radical (unpaired) electrons. The predicted molar refractivity (Wildman–Crippen MR) is 86.1 cm³/mol. The van der Waals surface area contributed by atoms with Gasteiger partial charge in [-0.2, -0.15) is 8.42 Å². The molecule has 3 rings (SSSR count). The third-order valence-electron chi connectivity index (χ3n) is 4.01. The number of aromatic nitrogens is 1. The maximum atomic E-state index is 12.3. The fourth-order valence-electron chi connectivity index (χ4n) is 2.65. The summed E-state index contributed by atoms with van der Waals surface area (Å²) in [5, 5.41) is 0. The lowest BCUT2D eigenvalue weighted by atomic mass is 9.97. The summed E-state index contributed by atoms with van der Waals surface area (Å²) in [6.07, 6.45) is 3.47. The Morgan fingerprint density at radius 2 is 2.14 bits per heavy atom. The van der Waals surface area contributed by atoms with E-state index in [4.69, 9.17) is 0 Å². The predicted octanol–water partition coefficient (Wildman–Crippen LogP) is 2.93. The van der Waals surface area contributed by atoms with Crippen molar-refractivity contribution in [1.82, 2.24) is 9.71 Å². The van der Waals surface area contributed by atoms with Crippen molar-refractivity contribution in [3.05, 3.63) is 24.3 Å². The Morgan fingerprint density at radius 3 is 2.77 bits per heavy atom. The molecule has 1 aromatic carbocycles. The van der Waals surface area contributed by atoms with Gasteiger partial charge in [-0.1, -0.05) is 25.5 Å². The van der Waals surface area contributed by atoms with E-state index >= 15 is 0 Å². The van der Waals surface area contributed by atoms with Gasteiger partial charge in [-0.15, -0.1) is 11.3 Å². The van der Waals surface area contributed by atoms with Crippen LogP contribution in [0.3, 0.4) is 0 Å². The van der Waals surface area contributed by atoms with Gasteiger partial charge < -0.3 is 0 Å². The molecule has 0 saturated heterocycles. The first kappa shape index (κ1) is 15.4. The van der Waals surface area contributed by atoms with Crippen molar-refractivity contribution in [3.63, 3.8) is 0 Å². The van der Waals surface area contributed by atoms with Crippen LogP contribution in [0.25, 0.3) is 10.2 Å². The molecular weight excluding hydrogens is 320 g/mol. The molecule has 1 saturated carbocycles. The van der Waals surface area contributed by atoms with Crippen molar-refractivity contribution >= 4 is 37.5 Å². The summed E-state index contributed by atoms with van der Waals surface area (Å²) in [7, 11) is -3.87. The average Bonchev–Trinajstić information content (AvgIpc) is 3.21. The van der Waals surface area contributed by atoms with Crippen molar-refractivity contribution < 1.29 is 13.2 Å². The molecule has 1 fully saturated rings. The van der Waals surface area contributed by atoms with Crippen LogP contribution in [-0.2, 0) is 14.8 Å². The van der Waals surface area contributed by atoms with Crippen LogP contribution in [-0.4, -0.2) is 19.3 Å². The zero-order valence-electron chi connectivity index (χ0n) is 12.3. The van der Waals surface area contributed by atoms with Gasteiger partial charge in [0, 0.05) is 6.42 Å². The molecule has 1 atom stereocenters. The molecule has 2 aromatic rings. The Bertz CT molecular complexity index is 761. The molecule has 5 nitrogen and oxygen atoms in total. The third-order valence-corrected chi connectivity index (χ3v) is 6.80. The molecule has 0 aliphatic heterocycles. The van der Waals surface area contributed by atoms with Gasteiger partial charge in [0.2, 0.25) is 10.2 Å². The zero-order valence-corrected chi connectivity index (χ0v) is 13.9. The lowest BCUT2D eigenvalue weighted by molar-refractivity contribution is -0.120. The number of hydrogen-bond acceptors (Lipinski definition) is 5. The maximum Gasteiger partial charge on any atom is 0.291 e. The summed E-state index contributed by atoms with van der Waals surface area (Å²) in [5.74, 6) is 0.435. The van der Waals surface area contributed by atoms with Crippen LogP contribution < -0.4 is 4.72 Å². The lowest BCUT2D eigenvalue weighted by Gasteiger charge is -2.12. The number of thiazole rings is 1. The molecule has 7 heteroatoms. The van der Waals surface area contributed by atoms with Crippen LogP contribution >= 0.6 is 11.3 Å². The van der Waals surface area contributed by atoms with Crippen molar-refractivity contribution in [2.75, 3.05) is 0 Å². The molecular formula is C15H18N2O3S2. The van der Waals surface area contributed by atoms with Crippen LogP contribution in [0.15, 0.2) is 28.6 Å². The first-order chi connectivity index (χ1) is 10.5. The van der Waals surface area contributed by atoms with Gasteiger partial charge in [-0.3, -0.25) is 4.79 Å². The highest BCUT2D eigenvalue weighted by Gasteiger charge is 2.32. The van der Waals surface area contributed by atoms with Gasteiger partial charge in [0.15, 0.2) is 0 Å². The van der Waals surface area contributed by atoms with Gasteiger partial charge in [0.25, 0.3) is 10.0 Å². The number of nitrogens with zero attached hydrogens (tertiary/aromatic N) is 1. The number of hydrogen-bond donors (Lipinski definition) is 1. The number of amides is 1.